The zero-order chi connectivity index (χ0) is 13.0. The third kappa shape index (κ3) is 3.36. The highest BCUT2D eigenvalue weighted by molar-refractivity contribution is 5.79. The fourth-order valence-electron chi connectivity index (χ4n) is 2.99. The van der Waals surface area contributed by atoms with Gasteiger partial charge in [-0.25, -0.2) is 10.8 Å². The number of likely N-dealkylation sites (tertiary alicyclic amines) is 1. The van der Waals surface area contributed by atoms with Gasteiger partial charge in [0.1, 0.15) is 0 Å². The molecule has 0 bridgehead atoms. The number of nitrogens with two attached hydrogens (primary N) is 1. The van der Waals surface area contributed by atoms with E-state index in [1.807, 2.05) is 0 Å². The molecular weight excluding hydrogens is 226 g/mol. The average molecular weight is 253 g/mol. The Morgan fingerprint density at radius 3 is 2.56 bits per heavy atom. The van der Waals surface area contributed by atoms with Gasteiger partial charge in [0.15, 0.2) is 0 Å². The Morgan fingerprint density at radius 1 is 1.22 bits per heavy atom. The van der Waals surface area contributed by atoms with Gasteiger partial charge >= 0.3 is 0 Å². The smallest absolute Gasteiger partial charge is 0.208 e. The molecule has 0 aromatic carbocycles. The highest BCUT2D eigenvalue weighted by Gasteiger charge is 2.24. The fraction of sp³-hybridized carbons (Fsp3) is 0.923. The van der Waals surface area contributed by atoms with E-state index in [9.17, 15) is 0 Å². The summed E-state index contributed by atoms with van der Waals surface area (Å²) in [6.07, 6.45) is 7.55. The van der Waals surface area contributed by atoms with Crippen LogP contribution in [0, 0.1) is 0 Å². The van der Waals surface area contributed by atoms with E-state index < -0.39 is 0 Å². The maximum Gasteiger partial charge on any atom is 0.208 e. The molecule has 18 heavy (non-hydrogen) atoms. The van der Waals surface area contributed by atoms with Crippen LogP contribution in [0.2, 0.25) is 0 Å². The molecule has 5 nitrogen and oxygen atoms in total. The summed E-state index contributed by atoms with van der Waals surface area (Å²) in [5.41, 5.74) is 2.82. The molecule has 1 saturated heterocycles. The van der Waals surface area contributed by atoms with Crippen molar-refractivity contribution in [1.82, 2.24) is 15.2 Å². The Bertz CT molecular complexity index is 283. The van der Waals surface area contributed by atoms with Crippen molar-refractivity contribution < 1.29 is 0 Å². The monoisotopic (exact) mass is 253 g/mol. The largest absolute Gasteiger partial charge is 0.340 e. The quantitative estimate of drug-likeness (QED) is 0.330. The maximum atomic E-state index is 5.67. The first kappa shape index (κ1) is 13.6. The first-order valence-corrected chi connectivity index (χ1v) is 7.16. The summed E-state index contributed by atoms with van der Waals surface area (Å²) in [5.74, 6) is 6.56. The molecule has 0 aromatic rings. The highest BCUT2D eigenvalue weighted by Crippen LogP contribution is 2.22. The Balaban J connectivity index is 1.98. The number of hydrogen-bond acceptors (Lipinski definition) is 3. The van der Waals surface area contributed by atoms with E-state index in [2.05, 4.69) is 29.3 Å². The second kappa shape index (κ2) is 6.38. The van der Waals surface area contributed by atoms with Gasteiger partial charge in [0.2, 0.25) is 5.96 Å². The van der Waals surface area contributed by atoms with Crippen LogP contribution in [0.1, 0.15) is 38.5 Å². The second-order valence-electron chi connectivity index (χ2n) is 5.74. The summed E-state index contributed by atoms with van der Waals surface area (Å²) < 4.78 is 0. The van der Waals surface area contributed by atoms with Gasteiger partial charge in [-0.1, -0.05) is 12.8 Å². The Labute approximate surface area is 110 Å². The first-order chi connectivity index (χ1) is 8.70. The molecule has 1 heterocycles. The normalized spacial score (nSPS) is 27.0. The first-order valence-electron chi connectivity index (χ1n) is 7.16. The van der Waals surface area contributed by atoms with E-state index in [0.29, 0.717) is 12.1 Å². The SMILES string of the molecule is CN(C)C1CCCN(C(=NC2CCCC2)NN)C1. The van der Waals surface area contributed by atoms with Crippen molar-refractivity contribution in [1.29, 1.82) is 0 Å². The molecule has 2 fully saturated rings. The minimum atomic E-state index is 0.482. The molecule has 0 aromatic heterocycles. The average Bonchev–Trinajstić information content (AvgIpc) is 2.89. The molecule has 1 aliphatic carbocycles. The summed E-state index contributed by atoms with van der Waals surface area (Å²) in [4.78, 5) is 9.41. The van der Waals surface area contributed by atoms with Crippen molar-refractivity contribution in [2.45, 2.75) is 50.6 Å². The molecule has 2 aliphatic rings. The summed E-state index contributed by atoms with van der Waals surface area (Å²) in [5, 5.41) is 0. The second-order valence-corrected chi connectivity index (χ2v) is 5.74. The Morgan fingerprint density at radius 2 is 1.94 bits per heavy atom. The standard InChI is InChI=1S/C13H27N5/c1-17(2)12-8-5-9-18(10-12)13(16-14)15-11-6-3-4-7-11/h11-12H,3-10,14H2,1-2H3,(H,15,16). The maximum absolute atomic E-state index is 5.67. The van der Waals surface area contributed by atoms with E-state index in [0.717, 1.165) is 19.0 Å². The van der Waals surface area contributed by atoms with Crippen LogP contribution in [0.15, 0.2) is 4.99 Å². The summed E-state index contributed by atoms with van der Waals surface area (Å²) in [7, 11) is 4.30. The summed E-state index contributed by atoms with van der Waals surface area (Å²) >= 11 is 0. The van der Waals surface area contributed by atoms with Crippen LogP contribution in [-0.2, 0) is 0 Å². The molecule has 1 atom stereocenters. The van der Waals surface area contributed by atoms with Crippen molar-refractivity contribution in [3.63, 3.8) is 0 Å². The number of hydrazine groups is 1. The number of nitrogens with one attached hydrogen (secondary N) is 1. The number of guanidine groups is 1. The third-order valence-corrected chi connectivity index (χ3v) is 4.19. The van der Waals surface area contributed by atoms with E-state index in [-0.39, 0.29) is 0 Å². The van der Waals surface area contributed by atoms with Gasteiger partial charge in [0.05, 0.1) is 6.04 Å². The molecule has 0 radical (unpaired) electrons. The summed E-state index contributed by atoms with van der Waals surface area (Å²) in [6.45, 7) is 2.10. The molecule has 0 amide bonds. The third-order valence-electron chi connectivity index (χ3n) is 4.19. The molecule has 104 valence electrons. The van der Waals surface area contributed by atoms with Crippen LogP contribution in [0.4, 0.5) is 0 Å². The molecule has 1 saturated carbocycles. The predicted octanol–water partition coefficient (Wildman–Crippen LogP) is 0.774. The van der Waals surface area contributed by atoms with Crippen LogP contribution >= 0.6 is 0 Å². The van der Waals surface area contributed by atoms with E-state index in [4.69, 9.17) is 10.8 Å². The highest BCUT2D eigenvalue weighted by atomic mass is 15.4. The lowest BCUT2D eigenvalue weighted by atomic mass is 10.1. The number of piperidine rings is 1. The van der Waals surface area contributed by atoms with E-state index in [1.54, 1.807) is 0 Å². The zero-order valence-corrected chi connectivity index (χ0v) is 11.7. The minimum Gasteiger partial charge on any atom is -0.340 e. The van der Waals surface area contributed by atoms with Crippen LogP contribution in [0.3, 0.4) is 0 Å². The van der Waals surface area contributed by atoms with E-state index in [1.165, 1.54) is 38.5 Å². The zero-order valence-electron chi connectivity index (χ0n) is 11.7. The summed E-state index contributed by atoms with van der Waals surface area (Å²) in [6, 6.07) is 1.09. The Hall–Kier alpha value is -0.810. The lowest BCUT2D eigenvalue weighted by Gasteiger charge is -2.37. The van der Waals surface area contributed by atoms with Gasteiger partial charge in [-0.15, -0.1) is 0 Å². The van der Waals surface area contributed by atoms with Crippen LogP contribution in [0.5, 0.6) is 0 Å². The van der Waals surface area contributed by atoms with Crippen molar-refractivity contribution in [2.75, 3.05) is 27.2 Å². The van der Waals surface area contributed by atoms with Crippen LogP contribution < -0.4 is 11.3 Å². The molecule has 3 N–H and O–H groups in total. The number of hydrogen-bond donors (Lipinski definition) is 2. The van der Waals surface area contributed by atoms with Crippen molar-refractivity contribution in [3.05, 3.63) is 0 Å². The fourth-order valence-corrected chi connectivity index (χ4v) is 2.99. The van der Waals surface area contributed by atoms with Gasteiger partial charge in [-0.2, -0.15) is 0 Å². The van der Waals surface area contributed by atoms with E-state index >= 15 is 0 Å². The van der Waals surface area contributed by atoms with Crippen molar-refractivity contribution >= 4 is 5.96 Å². The molecular formula is C13H27N5. The minimum absolute atomic E-state index is 0.482. The van der Waals surface area contributed by atoms with Crippen LogP contribution in [0.25, 0.3) is 0 Å². The Kier molecular flexibility index (Phi) is 4.83. The molecule has 5 heteroatoms. The molecule has 2 rings (SSSR count). The number of aliphatic imine (C=N–C) groups is 1. The van der Waals surface area contributed by atoms with Gasteiger partial charge in [0.25, 0.3) is 0 Å². The van der Waals surface area contributed by atoms with Crippen molar-refractivity contribution in [3.8, 4) is 0 Å². The van der Waals surface area contributed by atoms with Crippen molar-refractivity contribution in [2.24, 2.45) is 10.8 Å². The lowest BCUT2D eigenvalue weighted by Crippen LogP contribution is -2.53. The predicted molar refractivity (Wildman–Crippen MR) is 75.3 cm³/mol. The molecule has 0 spiro atoms. The number of rotatable bonds is 2. The molecule has 1 aliphatic heterocycles. The van der Waals surface area contributed by atoms with Gasteiger partial charge in [0, 0.05) is 19.1 Å². The molecule has 1 unspecified atom stereocenters. The lowest BCUT2D eigenvalue weighted by molar-refractivity contribution is 0.180. The van der Waals surface area contributed by atoms with Gasteiger partial charge < -0.3 is 9.80 Å². The number of nitrogens with zero attached hydrogens (tertiary/aromatic N) is 3. The number of likely N-dealkylation sites (N-methyl/N-ethyl adjacent to an activating group) is 1. The topological polar surface area (TPSA) is 56.9 Å². The van der Waals surface area contributed by atoms with Gasteiger partial charge in [-0.05, 0) is 39.8 Å². The van der Waals surface area contributed by atoms with Gasteiger partial charge in [-0.3, -0.25) is 5.43 Å². The van der Waals surface area contributed by atoms with Crippen LogP contribution in [-0.4, -0.2) is 55.0 Å².